The molecule has 0 aromatic heterocycles. The first kappa shape index (κ1) is 10.2. The molecule has 0 amide bonds. The molecule has 1 aliphatic carbocycles. The molecule has 0 saturated carbocycles. The fraction of sp³-hybridized carbons (Fsp3) is 0.364. The largest absolute Gasteiger partial charge is 0.380 e. The summed E-state index contributed by atoms with van der Waals surface area (Å²) in [4.78, 5) is 0.922. The highest BCUT2D eigenvalue weighted by Gasteiger charge is 2.02. The van der Waals surface area contributed by atoms with Gasteiger partial charge in [-0.05, 0) is 18.9 Å². The molecule has 1 N–H and O–H groups in total. The molecule has 0 aliphatic heterocycles. The maximum absolute atomic E-state index is 5.16. The van der Waals surface area contributed by atoms with Crippen LogP contribution in [-0.2, 0) is 0 Å². The zero-order chi connectivity index (χ0) is 9.68. The van der Waals surface area contributed by atoms with Gasteiger partial charge < -0.3 is 5.32 Å². The van der Waals surface area contributed by atoms with Crippen LogP contribution >= 0.6 is 12.2 Å². The van der Waals surface area contributed by atoms with Crippen LogP contribution in [0.1, 0.15) is 19.8 Å². The summed E-state index contributed by atoms with van der Waals surface area (Å²) in [5.74, 6) is 0. The quantitative estimate of drug-likeness (QED) is 0.692. The zero-order valence-electron chi connectivity index (χ0n) is 7.97. The van der Waals surface area contributed by atoms with Gasteiger partial charge in [0.05, 0.1) is 4.99 Å². The lowest BCUT2D eigenvalue weighted by Crippen LogP contribution is -2.20. The Morgan fingerprint density at radius 3 is 2.92 bits per heavy atom. The second kappa shape index (κ2) is 4.97. The van der Waals surface area contributed by atoms with Gasteiger partial charge in [0.2, 0.25) is 0 Å². The molecule has 0 spiro atoms. The average molecular weight is 193 g/mol. The van der Waals surface area contributed by atoms with Crippen LogP contribution in [0, 0.1) is 0 Å². The second-order valence-electron chi connectivity index (χ2n) is 3.11. The van der Waals surface area contributed by atoms with Crippen LogP contribution in [0.15, 0.2) is 36.0 Å². The number of hydrogen-bond donors (Lipinski definition) is 1. The van der Waals surface area contributed by atoms with Crippen molar-refractivity contribution in [3.8, 4) is 0 Å². The Kier molecular flexibility index (Phi) is 3.90. The Bertz CT molecular complexity index is 274. The van der Waals surface area contributed by atoms with Crippen molar-refractivity contribution >= 4 is 17.2 Å². The van der Waals surface area contributed by atoms with E-state index in [1.165, 1.54) is 5.57 Å². The third-order valence-corrected chi connectivity index (χ3v) is 2.19. The van der Waals surface area contributed by atoms with E-state index in [4.69, 9.17) is 12.2 Å². The lowest BCUT2D eigenvalue weighted by molar-refractivity contribution is 0.961. The molecule has 0 radical (unpaired) electrons. The van der Waals surface area contributed by atoms with Gasteiger partial charge >= 0.3 is 0 Å². The first-order chi connectivity index (χ1) is 6.22. The van der Waals surface area contributed by atoms with E-state index in [0.717, 1.165) is 29.9 Å². The van der Waals surface area contributed by atoms with Crippen molar-refractivity contribution in [2.45, 2.75) is 19.8 Å². The molecule has 70 valence electrons. The molecule has 1 aliphatic rings. The SMILES string of the molecule is C=C1C=CC(CC(=S)NCC)=CC1. The molecule has 2 heteroatoms. The number of allylic oxidation sites excluding steroid dienone is 4. The molecule has 0 heterocycles. The van der Waals surface area contributed by atoms with E-state index in [9.17, 15) is 0 Å². The first-order valence-electron chi connectivity index (χ1n) is 4.54. The van der Waals surface area contributed by atoms with Crippen molar-refractivity contribution in [2.75, 3.05) is 6.54 Å². The van der Waals surface area contributed by atoms with Crippen LogP contribution in [0.2, 0.25) is 0 Å². The van der Waals surface area contributed by atoms with Gasteiger partial charge in [0.25, 0.3) is 0 Å². The van der Waals surface area contributed by atoms with E-state index in [1.807, 2.05) is 0 Å². The van der Waals surface area contributed by atoms with Gasteiger partial charge in [0.15, 0.2) is 0 Å². The molecule has 0 aromatic carbocycles. The van der Waals surface area contributed by atoms with Gasteiger partial charge in [0, 0.05) is 13.0 Å². The van der Waals surface area contributed by atoms with Crippen LogP contribution in [0.25, 0.3) is 0 Å². The summed E-state index contributed by atoms with van der Waals surface area (Å²) >= 11 is 5.16. The van der Waals surface area contributed by atoms with Gasteiger partial charge in [-0.3, -0.25) is 0 Å². The maximum Gasteiger partial charge on any atom is 0.0797 e. The average Bonchev–Trinajstić information content (AvgIpc) is 2.09. The van der Waals surface area contributed by atoms with Crippen LogP contribution in [0.4, 0.5) is 0 Å². The predicted molar refractivity (Wildman–Crippen MR) is 61.9 cm³/mol. The van der Waals surface area contributed by atoms with Crippen molar-refractivity contribution < 1.29 is 0 Å². The van der Waals surface area contributed by atoms with E-state index >= 15 is 0 Å². The van der Waals surface area contributed by atoms with E-state index < -0.39 is 0 Å². The molecule has 1 nitrogen and oxygen atoms in total. The zero-order valence-corrected chi connectivity index (χ0v) is 8.79. The summed E-state index contributed by atoms with van der Waals surface area (Å²) in [6, 6.07) is 0. The molecular formula is C11H15NS. The molecule has 0 aromatic rings. The van der Waals surface area contributed by atoms with Crippen molar-refractivity contribution in [2.24, 2.45) is 0 Å². The van der Waals surface area contributed by atoms with Crippen molar-refractivity contribution in [3.05, 3.63) is 36.0 Å². The van der Waals surface area contributed by atoms with E-state index in [-0.39, 0.29) is 0 Å². The third kappa shape index (κ3) is 3.55. The number of rotatable bonds is 3. The predicted octanol–water partition coefficient (Wildman–Crippen LogP) is 2.76. The highest BCUT2D eigenvalue weighted by molar-refractivity contribution is 7.80. The first-order valence-corrected chi connectivity index (χ1v) is 4.94. The minimum Gasteiger partial charge on any atom is -0.380 e. The van der Waals surface area contributed by atoms with Crippen LogP contribution in [0.3, 0.4) is 0 Å². The van der Waals surface area contributed by atoms with Crippen LogP contribution in [-0.4, -0.2) is 11.5 Å². The van der Waals surface area contributed by atoms with Crippen molar-refractivity contribution in [1.82, 2.24) is 5.32 Å². The normalized spacial score (nSPS) is 15.5. The third-order valence-electron chi connectivity index (χ3n) is 1.90. The summed E-state index contributed by atoms with van der Waals surface area (Å²) in [7, 11) is 0. The lowest BCUT2D eigenvalue weighted by atomic mass is 10.0. The van der Waals surface area contributed by atoms with Crippen LogP contribution in [0.5, 0.6) is 0 Å². The second-order valence-corrected chi connectivity index (χ2v) is 3.60. The summed E-state index contributed by atoms with van der Waals surface area (Å²) in [5, 5.41) is 3.14. The molecule has 0 bridgehead atoms. The van der Waals surface area contributed by atoms with E-state index in [0.29, 0.717) is 0 Å². The Labute approximate surface area is 85.2 Å². The summed E-state index contributed by atoms with van der Waals surface area (Å²) < 4.78 is 0. The highest BCUT2D eigenvalue weighted by Crippen LogP contribution is 2.16. The number of thiocarbonyl (C=S) groups is 1. The van der Waals surface area contributed by atoms with Crippen molar-refractivity contribution in [1.29, 1.82) is 0 Å². The van der Waals surface area contributed by atoms with Gasteiger partial charge in [-0.25, -0.2) is 0 Å². The number of hydrogen-bond acceptors (Lipinski definition) is 1. The highest BCUT2D eigenvalue weighted by atomic mass is 32.1. The topological polar surface area (TPSA) is 12.0 Å². The fourth-order valence-electron chi connectivity index (χ4n) is 1.20. The molecule has 13 heavy (non-hydrogen) atoms. The summed E-state index contributed by atoms with van der Waals surface area (Å²) in [6.07, 6.45) is 8.15. The van der Waals surface area contributed by atoms with Gasteiger partial charge in [-0.2, -0.15) is 0 Å². The lowest BCUT2D eigenvalue weighted by Gasteiger charge is -2.09. The van der Waals surface area contributed by atoms with Crippen LogP contribution < -0.4 is 5.32 Å². The monoisotopic (exact) mass is 193 g/mol. The fourth-order valence-corrected chi connectivity index (χ4v) is 1.51. The molecule has 0 atom stereocenters. The Balaban J connectivity index is 2.43. The Morgan fingerprint density at radius 1 is 1.62 bits per heavy atom. The number of nitrogens with one attached hydrogen (secondary N) is 1. The molecule has 0 fully saturated rings. The summed E-state index contributed by atoms with van der Waals surface area (Å²) in [5.41, 5.74) is 2.46. The Hall–Kier alpha value is -0.890. The van der Waals surface area contributed by atoms with Crippen molar-refractivity contribution in [3.63, 3.8) is 0 Å². The molecule has 0 saturated heterocycles. The van der Waals surface area contributed by atoms with E-state index in [1.54, 1.807) is 0 Å². The molecule has 1 rings (SSSR count). The molecule has 0 unspecified atom stereocenters. The van der Waals surface area contributed by atoms with E-state index in [2.05, 4.69) is 37.0 Å². The molecular weight excluding hydrogens is 178 g/mol. The standard InChI is InChI=1S/C11H15NS/c1-3-12-11(13)8-10-6-4-9(2)5-7-10/h4,6-7H,2-3,5,8H2,1H3,(H,12,13). The van der Waals surface area contributed by atoms with Gasteiger partial charge in [-0.15, -0.1) is 0 Å². The smallest absolute Gasteiger partial charge is 0.0797 e. The minimum absolute atomic E-state index is 0.854. The Morgan fingerprint density at radius 2 is 2.38 bits per heavy atom. The minimum atomic E-state index is 0.854. The summed E-state index contributed by atoms with van der Waals surface area (Å²) in [6.45, 7) is 6.84. The maximum atomic E-state index is 5.16. The van der Waals surface area contributed by atoms with Gasteiger partial charge in [-0.1, -0.05) is 42.6 Å². The van der Waals surface area contributed by atoms with Gasteiger partial charge in [0.1, 0.15) is 0 Å².